The predicted molar refractivity (Wildman–Crippen MR) is 43.1 cm³/mol. The summed E-state index contributed by atoms with van der Waals surface area (Å²) in [6.45, 7) is 0. The first-order valence-electron chi connectivity index (χ1n) is 3.47. The fourth-order valence-corrected chi connectivity index (χ4v) is 0.896. The van der Waals surface area contributed by atoms with Crippen molar-refractivity contribution in [3.63, 3.8) is 0 Å². The normalized spacial score (nSPS) is 9.67. The van der Waals surface area contributed by atoms with Crippen molar-refractivity contribution in [2.75, 3.05) is 0 Å². The molecule has 0 unspecified atom stereocenters. The molecule has 4 nitrogen and oxygen atoms in total. The lowest BCUT2D eigenvalue weighted by atomic mass is 10.2. The SMILES string of the molecule is c1ncc(-c2cncnc2)cn1. The summed E-state index contributed by atoms with van der Waals surface area (Å²) in [5.74, 6) is 0. The molecule has 0 aliphatic carbocycles. The van der Waals surface area contributed by atoms with Gasteiger partial charge in [-0.1, -0.05) is 0 Å². The molecule has 0 radical (unpaired) electrons. The van der Waals surface area contributed by atoms with Gasteiger partial charge < -0.3 is 0 Å². The minimum absolute atomic E-state index is 0.929. The lowest BCUT2D eigenvalue weighted by molar-refractivity contribution is 1.14. The highest BCUT2D eigenvalue weighted by Crippen LogP contribution is 2.12. The smallest absolute Gasteiger partial charge is 0.115 e. The van der Waals surface area contributed by atoms with E-state index in [1.807, 2.05) is 0 Å². The Kier molecular flexibility index (Phi) is 1.74. The predicted octanol–water partition coefficient (Wildman–Crippen LogP) is 0.934. The van der Waals surface area contributed by atoms with Gasteiger partial charge in [0.1, 0.15) is 12.7 Å². The molecule has 0 N–H and O–H groups in total. The highest BCUT2D eigenvalue weighted by atomic mass is 14.8. The Morgan fingerprint density at radius 2 is 0.917 bits per heavy atom. The van der Waals surface area contributed by atoms with Crippen LogP contribution in [0.5, 0.6) is 0 Å². The van der Waals surface area contributed by atoms with E-state index < -0.39 is 0 Å². The summed E-state index contributed by atoms with van der Waals surface area (Å²) in [6.07, 6.45) is 9.90. The molecule has 0 aliphatic rings. The zero-order valence-corrected chi connectivity index (χ0v) is 6.25. The molecule has 0 aliphatic heterocycles. The minimum atomic E-state index is 0.929. The van der Waals surface area contributed by atoms with Gasteiger partial charge in [-0.25, -0.2) is 19.9 Å². The Balaban J connectivity index is 2.46. The maximum atomic E-state index is 3.89. The molecular weight excluding hydrogens is 152 g/mol. The van der Waals surface area contributed by atoms with Crippen LogP contribution in [-0.4, -0.2) is 19.9 Å². The summed E-state index contributed by atoms with van der Waals surface area (Å²) in [6, 6.07) is 0. The molecule has 0 atom stereocenters. The van der Waals surface area contributed by atoms with Crippen molar-refractivity contribution < 1.29 is 0 Å². The van der Waals surface area contributed by atoms with Gasteiger partial charge in [-0.3, -0.25) is 0 Å². The third-order valence-corrected chi connectivity index (χ3v) is 1.45. The first-order valence-corrected chi connectivity index (χ1v) is 3.47. The van der Waals surface area contributed by atoms with Crippen molar-refractivity contribution in [1.82, 2.24) is 19.9 Å². The lowest BCUT2D eigenvalue weighted by Crippen LogP contribution is -1.83. The Hall–Kier alpha value is -1.84. The van der Waals surface area contributed by atoms with Gasteiger partial charge in [-0.15, -0.1) is 0 Å². The molecule has 2 rings (SSSR count). The third kappa shape index (κ3) is 1.27. The number of aromatic nitrogens is 4. The molecular formula is C8H6N4. The average molecular weight is 158 g/mol. The fraction of sp³-hybridized carbons (Fsp3) is 0. The summed E-state index contributed by atoms with van der Waals surface area (Å²) >= 11 is 0. The quantitative estimate of drug-likeness (QED) is 0.619. The van der Waals surface area contributed by atoms with E-state index in [0.717, 1.165) is 11.1 Å². The Labute approximate surface area is 69.4 Å². The molecule has 0 spiro atoms. The van der Waals surface area contributed by atoms with Crippen molar-refractivity contribution in [2.24, 2.45) is 0 Å². The van der Waals surface area contributed by atoms with Gasteiger partial charge in [0, 0.05) is 35.9 Å². The van der Waals surface area contributed by atoms with E-state index in [2.05, 4.69) is 19.9 Å². The van der Waals surface area contributed by atoms with Crippen LogP contribution < -0.4 is 0 Å². The second kappa shape index (κ2) is 3.04. The van der Waals surface area contributed by atoms with Crippen molar-refractivity contribution in [2.45, 2.75) is 0 Å². The molecule has 58 valence electrons. The van der Waals surface area contributed by atoms with Crippen LogP contribution in [0.1, 0.15) is 0 Å². The van der Waals surface area contributed by atoms with Gasteiger partial charge in [0.25, 0.3) is 0 Å². The monoisotopic (exact) mass is 158 g/mol. The van der Waals surface area contributed by atoms with E-state index >= 15 is 0 Å². The number of hydrogen-bond donors (Lipinski definition) is 0. The molecule has 12 heavy (non-hydrogen) atoms. The highest BCUT2D eigenvalue weighted by molar-refractivity contribution is 5.58. The highest BCUT2D eigenvalue weighted by Gasteiger charge is 1.95. The zero-order valence-electron chi connectivity index (χ0n) is 6.25. The molecule has 2 heterocycles. The van der Waals surface area contributed by atoms with E-state index in [1.54, 1.807) is 24.8 Å². The van der Waals surface area contributed by atoms with Crippen LogP contribution in [0.2, 0.25) is 0 Å². The van der Waals surface area contributed by atoms with Crippen LogP contribution in [-0.2, 0) is 0 Å². The summed E-state index contributed by atoms with van der Waals surface area (Å²) in [5, 5.41) is 0. The summed E-state index contributed by atoms with van der Waals surface area (Å²) in [7, 11) is 0. The fourth-order valence-electron chi connectivity index (χ4n) is 0.896. The Bertz CT molecular complexity index is 308. The maximum absolute atomic E-state index is 3.89. The van der Waals surface area contributed by atoms with E-state index in [0.29, 0.717) is 0 Å². The van der Waals surface area contributed by atoms with E-state index in [4.69, 9.17) is 0 Å². The molecule has 0 saturated heterocycles. The van der Waals surface area contributed by atoms with Crippen LogP contribution in [0.3, 0.4) is 0 Å². The molecule has 4 heteroatoms. The topological polar surface area (TPSA) is 51.6 Å². The van der Waals surface area contributed by atoms with Gasteiger partial charge in [0.05, 0.1) is 0 Å². The second-order valence-corrected chi connectivity index (χ2v) is 2.25. The van der Waals surface area contributed by atoms with Crippen LogP contribution in [0, 0.1) is 0 Å². The Morgan fingerprint density at radius 3 is 1.25 bits per heavy atom. The molecule has 0 bridgehead atoms. The van der Waals surface area contributed by atoms with Crippen molar-refractivity contribution in [3.05, 3.63) is 37.4 Å². The molecule has 0 aromatic carbocycles. The molecule has 2 aromatic rings. The molecule has 0 fully saturated rings. The van der Waals surface area contributed by atoms with Gasteiger partial charge in [-0.2, -0.15) is 0 Å². The maximum Gasteiger partial charge on any atom is 0.115 e. The summed E-state index contributed by atoms with van der Waals surface area (Å²) in [5.41, 5.74) is 1.86. The van der Waals surface area contributed by atoms with Crippen LogP contribution in [0.15, 0.2) is 37.4 Å². The first-order chi connectivity index (χ1) is 5.97. The van der Waals surface area contributed by atoms with Gasteiger partial charge in [0.15, 0.2) is 0 Å². The summed E-state index contributed by atoms with van der Waals surface area (Å²) < 4.78 is 0. The average Bonchev–Trinajstić information content (AvgIpc) is 2.21. The van der Waals surface area contributed by atoms with E-state index in [1.165, 1.54) is 12.7 Å². The van der Waals surface area contributed by atoms with Crippen molar-refractivity contribution >= 4 is 0 Å². The van der Waals surface area contributed by atoms with Gasteiger partial charge in [-0.05, 0) is 0 Å². The van der Waals surface area contributed by atoms with E-state index in [9.17, 15) is 0 Å². The zero-order chi connectivity index (χ0) is 8.23. The largest absolute Gasteiger partial charge is 0.244 e. The molecule has 0 saturated carbocycles. The standard InChI is InChI=1S/C8H6N4/c1-7(2-10-5-9-1)8-3-11-6-12-4-8/h1-6H. The summed E-state index contributed by atoms with van der Waals surface area (Å²) in [4.78, 5) is 15.6. The number of nitrogens with zero attached hydrogens (tertiary/aromatic N) is 4. The third-order valence-electron chi connectivity index (χ3n) is 1.45. The lowest BCUT2D eigenvalue weighted by Gasteiger charge is -1.95. The van der Waals surface area contributed by atoms with Gasteiger partial charge in [0.2, 0.25) is 0 Å². The van der Waals surface area contributed by atoms with Crippen LogP contribution >= 0.6 is 0 Å². The van der Waals surface area contributed by atoms with E-state index in [-0.39, 0.29) is 0 Å². The Morgan fingerprint density at radius 1 is 0.583 bits per heavy atom. The first kappa shape index (κ1) is 6.84. The van der Waals surface area contributed by atoms with Gasteiger partial charge >= 0.3 is 0 Å². The van der Waals surface area contributed by atoms with Crippen molar-refractivity contribution in [3.8, 4) is 11.1 Å². The van der Waals surface area contributed by atoms with Crippen LogP contribution in [0.25, 0.3) is 11.1 Å². The van der Waals surface area contributed by atoms with Crippen LogP contribution in [0.4, 0.5) is 0 Å². The number of rotatable bonds is 1. The minimum Gasteiger partial charge on any atom is -0.244 e. The molecule has 0 amide bonds. The second-order valence-electron chi connectivity index (χ2n) is 2.25. The van der Waals surface area contributed by atoms with Crippen molar-refractivity contribution in [1.29, 1.82) is 0 Å². The molecule has 2 aromatic heterocycles. The number of hydrogen-bond acceptors (Lipinski definition) is 4.